The predicted octanol–water partition coefficient (Wildman–Crippen LogP) is 0.903. The number of rotatable bonds is 0. The van der Waals surface area contributed by atoms with Crippen LogP contribution in [0.25, 0.3) is 0 Å². The quantitative estimate of drug-likeness (QED) is 0.411. The molecule has 0 aromatic heterocycles. The summed E-state index contributed by atoms with van der Waals surface area (Å²) in [7, 11) is 0. The summed E-state index contributed by atoms with van der Waals surface area (Å²) in [5.74, 6) is 0. The van der Waals surface area contributed by atoms with E-state index in [1.807, 2.05) is 0 Å². The Kier molecular flexibility index (Phi) is 1.60. The van der Waals surface area contributed by atoms with E-state index in [1.54, 1.807) is 0 Å². The van der Waals surface area contributed by atoms with Gasteiger partial charge in [0.15, 0.2) is 0 Å². The smallest absolute Gasteiger partial charge is 0.125 e. The van der Waals surface area contributed by atoms with Gasteiger partial charge in [-0.15, -0.1) is 9.74 Å². The first kappa shape index (κ1) is 5.72. The molecule has 1 N–H and O–H groups in total. The molecule has 1 aliphatic rings. The molecule has 3 nitrogen and oxygen atoms in total. The number of nitrogens with one attached hydrogen (secondary N) is 1. The zero-order valence-corrected chi connectivity index (χ0v) is 5.24. The zero-order valence-electron chi connectivity index (χ0n) is 3.73. The molecule has 0 saturated carbocycles. The Morgan fingerprint density at radius 3 is 3.00 bits per heavy atom. The van der Waals surface area contributed by atoms with Crippen LogP contribution in [-0.2, 0) is 0 Å². The summed E-state index contributed by atoms with van der Waals surface area (Å²) in [5, 5.41) is 3.86. The van der Waals surface area contributed by atoms with Crippen LogP contribution in [0.3, 0.4) is 0 Å². The van der Waals surface area contributed by atoms with Gasteiger partial charge in [0.2, 0.25) is 0 Å². The third-order valence-electron chi connectivity index (χ3n) is 0.536. The maximum Gasteiger partial charge on any atom is 0.125 e. The van der Waals surface area contributed by atoms with Crippen molar-refractivity contribution in [2.45, 2.75) is 0 Å². The Bertz CT molecular complexity index is 141. The van der Waals surface area contributed by atoms with Gasteiger partial charge in [-0.2, -0.15) is 0 Å². The highest BCUT2D eigenvalue weighted by Crippen LogP contribution is 2.02. The van der Waals surface area contributed by atoms with Crippen LogP contribution in [0, 0.1) is 0 Å². The van der Waals surface area contributed by atoms with Gasteiger partial charge in [0.05, 0.1) is 11.8 Å². The summed E-state index contributed by atoms with van der Waals surface area (Å²) >= 11 is 10.7. The third kappa shape index (κ3) is 1.28. The zero-order chi connectivity index (χ0) is 5.98. The molecule has 0 saturated heterocycles. The van der Waals surface area contributed by atoms with Gasteiger partial charge in [-0.25, -0.2) is 0 Å². The highest BCUT2D eigenvalue weighted by Gasteiger charge is 1.99. The van der Waals surface area contributed by atoms with Crippen molar-refractivity contribution in [1.82, 2.24) is 10.1 Å². The average Bonchev–Trinajstić information content (AvgIpc) is 1.64. The molecule has 1 radical (unpaired) electrons. The van der Waals surface area contributed by atoms with Crippen LogP contribution in [0.4, 0.5) is 0 Å². The molecular weight excluding hydrogens is 149 g/mol. The van der Waals surface area contributed by atoms with Crippen LogP contribution in [0.15, 0.2) is 16.3 Å². The second kappa shape index (κ2) is 2.24. The maximum absolute atomic E-state index is 5.41. The van der Waals surface area contributed by atoms with Crippen molar-refractivity contribution < 1.29 is 0 Å². The summed E-state index contributed by atoms with van der Waals surface area (Å²) < 4.78 is 0.947. The molecular formula is C3H2Cl2N3. The lowest BCUT2D eigenvalue weighted by Gasteiger charge is -2.11. The van der Waals surface area contributed by atoms with Gasteiger partial charge in [0.1, 0.15) is 11.4 Å². The van der Waals surface area contributed by atoms with Gasteiger partial charge in [-0.05, 0) is 0 Å². The van der Waals surface area contributed by atoms with E-state index in [0.717, 1.165) is 4.64 Å². The van der Waals surface area contributed by atoms with Gasteiger partial charge in [-0.1, -0.05) is 11.6 Å². The van der Waals surface area contributed by atoms with Crippen molar-refractivity contribution in [3.63, 3.8) is 0 Å². The lowest BCUT2D eigenvalue weighted by Crippen LogP contribution is -2.24. The first-order valence-corrected chi connectivity index (χ1v) is 2.55. The van der Waals surface area contributed by atoms with Crippen molar-refractivity contribution in [3.05, 3.63) is 11.2 Å². The highest BCUT2D eigenvalue weighted by atomic mass is 35.5. The largest absolute Gasteiger partial charge is 0.256 e. The number of nitrogens with zero attached hydrogens (tertiary/aromatic N) is 2. The summed E-state index contributed by atoms with van der Waals surface area (Å²) in [6.07, 6.45) is 3.92. The van der Waals surface area contributed by atoms with E-state index in [0.29, 0.717) is 5.16 Å². The predicted molar refractivity (Wildman–Crippen MR) is 32.2 cm³/mol. The number of hydrazone groups is 1. The number of hydrogen-bond acceptors (Lipinski definition) is 3. The topological polar surface area (TPSA) is 27.6 Å². The SMILES string of the molecule is ClC1=C[C]=NN(Cl)N1. The number of hydrogen-bond donors (Lipinski definition) is 1. The second-order valence-electron chi connectivity index (χ2n) is 1.09. The highest BCUT2D eigenvalue weighted by molar-refractivity contribution is 6.30. The molecule has 0 spiro atoms. The van der Waals surface area contributed by atoms with Gasteiger partial charge in [-0.3, -0.25) is 5.43 Å². The summed E-state index contributed by atoms with van der Waals surface area (Å²) in [6, 6.07) is 0. The van der Waals surface area contributed by atoms with Gasteiger partial charge >= 0.3 is 0 Å². The fourth-order valence-corrected chi connectivity index (χ4v) is 0.588. The summed E-state index contributed by atoms with van der Waals surface area (Å²) in [5.41, 5.74) is 2.48. The van der Waals surface area contributed by atoms with Crippen LogP contribution < -0.4 is 5.43 Å². The van der Waals surface area contributed by atoms with Crippen molar-refractivity contribution in [2.24, 2.45) is 5.10 Å². The molecule has 0 amide bonds. The molecule has 1 heterocycles. The molecule has 0 bridgehead atoms. The molecule has 43 valence electrons. The van der Waals surface area contributed by atoms with Gasteiger partial charge in [0, 0.05) is 6.08 Å². The minimum atomic E-state index is 0.398. The van der Waals surface area contributed by atoms with Crippen LogP contribution in [0.1, 0.15) is 0 Å². The van der Waals surface area contributed by atoms with Crippen LogP contribution in [0.5, 0.6) is 0 Å². The van der Waals surface area contributed by atoms with E-state index in [2.05, 4.69) is 16.7 Å². The molecule has 5 heteroatoms. The van der Waals surface area contributed by atoms with Crippen molar-refractivity contribution in [3.8, 4) is 0 Å². The Balaban J connectivity index is 2.59. The molecule has 0 aliphatic carbocycles. The second-order valence-corrected chi connectivity index (χ2v) is 1.82. The van der Waals surface area contributed by atoms with E-state index < -0.39 is 0 Å². The average molecular weight is 151 g/mol. The number of hydrazine groups is 1. The summed E-state index contributed by atoms with van der Waals surface area (Å²) in [6.45, 7) is 0. The fourth-order valence-electron chi connectivity index (χ4n) is 0.282. The van der Waals surface area contributed by atoms with E-state index in [-0.39, 0.29) is 0 Å². The van der Waals surface area contributed by atoms with E-state index in [9.17, 15) is 0 Å². The lowest BCUT2D eigenvalue weighted by molar-refractivity contribution is 0.408. The van der Waals surface area contributed by atoms with E-state index >= 15 is 0 Å². The molecule has 0 atom stereocenters. The Morgan fingerprint density at radius 1 is 1.88 bits per heavy atom. The first-order valence-electron chi connectivity index (χ1n) is 1.83. The lowest BCUT2D eigenvalue weighted by atomic mass is 10.6. The van der Waals surface area contributed by atoms with Gasteiger partial charge < -0.3 is 0 Å². The first-order chi connectivity index (χ1) is 3.79. The normalized spacial score (nSPS) is 17.8. The maximum atomic E-state index is 5.41. The standard InChI is InChI=1S/C3H2Cl2N3/c4-3-1-2-6-8(5)7-3/h1,7H. The molecule has 1 rings (SSSR count). The van der Waals surface area contributed by atoms with Crippen molar-refractivity contribution >= 4 is 29.6 Å². The van der Waals surface area contributed by atoms with E-state index in [4.69, 9.17) is 23.4 Å². The van der Waals surface area contributed by atoms with Crippen LogP contribution >= 0.6 is 23.4 Å². The molecule has 0 fully saturated rings. The minimum Gasteiger partial charge on any atom is -0.256 e. The van der Waals surface area contributed by atoms with E-state index in [1.165, 1.54) is 6.08 Å². The molecule has 0 unspecified atom stereocenters. The van der Waals surface area contributed by atoms with Crippen molar-refractivity contribution in [2.75, 3.05) is 0 Å². The van der Waals surface area contributed by atoms with Crippen LogP contribution in [0.2, 0.25) is 0 Å². The number of allylic oxidation sites excluding steroid dienone is 1. The molecule has 0 aromatic carbocycles. The summed E-state index contributed by atoms with van der Waals surface area (Å²) in [4.78, 5) is 0. The van der Waals surface area contributed by atoms with Gasteiger partial charge in [0.25, 0.3) is 0 Å². The molecule has 0 aromatic rings. The monoisotopic (exact) mass is 150 g/mol. The van der Waals surface area contributed by atoms with Crippen molar-refractivity contribution in [1.29, 1.82) is 0 Å². The van der Waals surface area contributed by atoms with Crippen LogP contribution in [-0.4, -0.2) is 10.9 Å². The Hall–Kier alpha value is -0.410. The molecule has 8 heavy (non-hydrogen) atoms. The number of halogens is 2. The molecule has 1 aliphatic heterocycles. The Labute approximate surface area is 56.6 Å². The fraction of sp³-hybridized carbons (Fsp3) is 0. The minimum absolute atomic E-state index is 0.398. The Morgan fingerprint density at radius 2 is 2.62 bits per heavy atom. The third-order valence-corrected chi connectivity index (χ3v) is 0.890.